The van der Waals surface area contributed by atoms with Gasteiger partial charge in [-0.05, 0) is 24.3 Å². The highest BCUT2D eigenvalue weighted by Gasteiger charge is 2.16. The molecule has 18 heavy (non-hydrogen) atoms. The zero-order valence-electron chi connectivity index (χ0n) is 9.76. The number of fused-ring (bicyclic) bond motifs is 1. The van der Waals surface area contributed by atoms with E-state index >= 15 is 0 Å². The molecule has 5 nitrogen and oxygen atoms in total. The van der Waals surface area contributed by atoms with E-state index in [-0.39, 0.29) is 12.8 Å². The highest BCUT2D eigenvalue weighted by Crippen LogP contribution is 2.35. The molecule has 0 spiro atoms. The van der Waals surface area contributed by atoms with Crippen LogP contribution in [0.4, 0.5) is 5.69 Å². The molecule has 0 fully saturated rings. The molecule has 2 aromatic rings. The lowest BCUT2D eigenvalue weighted by atomic mass is 10.2. The van der Waals surface area contributed by atoms with Crippen LogP contribution in [0.5, 0.6) is 11.5 Å². The van der Waals surface area contributed by atoms with Crippen LogP contribution in [0.1, 0.15) is 11.8 Å². The fourth-order valence-corrected chi connectivity index (χ4v) is 1.92. The molecular weight excluding hydrogens is 232 g/mol. The first-order valence-electron chi connectivity index (χ1n) is 5.76. The number of benzene rings is 1. The van der Waals surface area contributed by atoms with Gasteiger partial charge >= 0.3 is 0 Å². The van der Waals surface area contributed by atoms with Gasteiger partial charge in [0.25, 0.3) is 0 Å². The Morgan fingerprint density at radius 1 is 1.22 bits per heavy atom. The van der Waals surface area contributed by atoms with Gasteiger partial charge in [0.1, 0.15) is 5.76 Å². The highest BCUT2D eigenvalue weighted by molar-refractivity contribution is 5.56. The van der Waals surface area contributed by atoms with Gasteiger partial charge in [-0.3, -0.25) is 0 Å². The van der Waals surface area contributed by atoms with Crippen molar-refractivity contribution in [3.05, 3.63) is 42.4 Å². The van der Waals surface area contributed by atoms with Gasteiger partial charge in [-0.2, -0.15) is 0 Å². The predicted octanol–water partition coefficient (Wildman–Crippen LogP) is 2.12. The number of rotatable bonds is 4. The number of nitrogens with two attached hydrogens (primary N) is 1. The molecule has 5 heteroatoms. The lowest BCUT2D eigenvalue weighted by Gasteiger charge is -2.16. The maximum Gasteiger partial charge on any atom is 0.231 e. The third-order valence-electron chi connectivity index (χ3n) is 2.84. The molecule has 1 unspecified atom stereocenters. The molecule has 0 radical (unpaired) electrons. The van der Waals surface area contributed by atoms with Crippen molar-refractivity contribution in [2.45, 2.75) is 6.04 Å². The largest absolute Gasteiger partial charge is 0.467 e. The lowest BCUT2D eigenvalue weighted by molar-refractivity contribution is 0.174. The van der Waals surface area contributed by atoms with E-state index in [1.165, 1.54) is 0 Å². The summed E-state index contributed by atoms with van der Waals surface area (Å²) in [7, 11) is 0. The minimum Gasteiger partial charge on any atom is -0.467 e. The Morgan fingerprint density at radius 3 is 2.89 bits per heavy atom. The summed E-state index contributed by atoms with van der Waals surface area (Å²) in [6.45, 7) is 0.721. The average molecular weight is 246 g/mol. The van der Waals surface area contributed by atoms with Crippen molar-refractivity contribution in [1.82, 2.24) is 0 Å². The Bertz CT molecular complexity index is 525. The lowest BCUT2D eigenvalue weighted by Crippen LogP contribution is -2.19. The zero-order valence-corrected chi connectivity index (χ0v) is 9.76. The quantitative estimate of drug-likeness (QED) is 0.864. The average Bonchev–Trinajstić information content (AvgIpc) is 3.06. The van der Waals surface area contributed by atoms with E-state index in [0.717, 1.165) is 22.9 Å². The number of hydrogen-bond donors (Lipinski definition) is 2. The molecule has 1 aromatic heterocycles. The molecule has 3 rings (SSSR count). The molecule has 0 saturated carbocycles. The summed E-state index contributed by atoms with van der Waals surface area (Å²) in [5.74, 6) is 2.33. The summed E-state index contributed by atoms with van der Waals surface area (Å²) in [4.78, 5) is 0. The van der Waals surface area contributed by atoms with Gasteiger partial charge in [-0.1, -0.05) is 0 Å². The van der Waals surface area contributed by atoms with Crippen LogP contribution >= 0.6 is 0 Å². The highest BCUT2D eigenvalue weighted by atomic mass is 16.7. The third-order valence-corrected chi connectivity index (χ3v) is 2.84. The normalized spacial score (nSPS) is 14.5. The Morgan fingerprint density at radius 2 is 2.11 bits per heavy atom. The Hall–Kier alpha value is -2.14. The molecule has 0 saturated heterocycles. The van der Waals surface area contributed by atoms with Gasteiger partial charge in [-0.15, -0.1) is 0 Å². The van der Waals surface area contributed by atoms with Gasteiger partial charge in [0.05, 0.1) is 12.3 Å². The summed E-state index contributed by atoms with van der Waals surface area (Å²) < 4.78 is 15.9. The maximum absolute atomic E-state index is 5.75. The van der Waals surface area contributed by atoms with Crippen molar-refractivity contribution in [1.29, 1.82) is 0 Å². The number of nitrogens with one attached hydrogen (secondary N) is 1. The second-order valence-corrected chi connectivity index (χ2v) is 4.02. The molecule has 1 aromatic carbocycles. The molecule has 94 valence electrons. The second kappa shape index (κ2) is 4.62. The van der Waals surface area contributed by atoms with E-state index in [1.54, 1.807) is 6.26 Å². The first kappa shape index (κ1) is 11.0. The van der Waals surface area contributed by atoms with Gasteiger partial charge < -0.3 is 24.9 Å². The Kier molecular flexibility index (Phi) is 2.82. The molecule has 0 aliphatic carbocycles. The SMILES string of the molecule is NCC(Nc1ccc2c(c1)OCO2)c1ccco1. The summed E-state index contributed by atoms with van der Waals surface area (Å²) in [6.07, 6.45) is 1.64. The third kappa shape index (κ3) is 2.00. The van der Waals surface area contributed by atoms with E-state index in [4.69, 9.17) is 19.6 Å². The summed E-state index contributed by atoms with van der Waals surface area (Å²) in [5.41, 5.74) is 6.67. The second-order valence-electron chi connectivity index (χ2n) is 4.02. The molecule has 1 atom stereocenters. The van der Waals surface area contributed by atoms with Crippen molar-refractivity contribution < 1.29 is 13.9 Å². The van der Waals surface area contributed by atoms with Crippen molar-refractivity contribution in [2.24, 2.45) is 5.73 Å². The smallest absolute Gasteiger partial charge is 0.231 e. The van der Waals surface area contributed by atoms with Crippen LogP contribution in [0.2, 0.25) is 0 Å². The van der Waals surface area contributed by atoms with Crippen molar-refractivity contribution in [3.63, 3.8) is 0 Å². The van der Waals surface area contributed by atoms with Crippen LogP contribution in [0.15, 0.2) is 41.0 Å². The number of ether oxygens (including phenoxy) is 2. The summed E-state index contributed by atoms with van der Waals surface area (Å²) in [6, 6.07) is 9.39. The summed E-state index contributed by atoms with van der Waals surface area (Å²) in [5, 5.41) is 3.31. The Labute approximate surface area is 104 Å². The van der Waals surface area contributed by atoms with Crippen LogP contribution in [-0.4, -0.2) is 13.3 Å². The van der Waals surface area contributed by atoms with Crippen molar-refractivity contribution in [3.8, 4) is 11.5 Å². The maximum atomic E-state index is 5.75. The van der Waals surface area contributed by atoms with E-state index in [0.29, 0.717) is 6.54 Å². The first-order valence-corrected chi connectivity index (χ1v) is 5.76. The standard InChI is InChI=1S/C13H14N2O3/c14-7-10(11-2-1-5-16-11)15-9-3-4-12-13(6-9)18-8-17-12/h1-6,10,15H,7-8,14H2. The zero-order chi connectivity index (χ0) is 12.4. The minimum absolute atomic E-state index is 0.0552. The molecule has 0 bridgehead atoms. The van der Waals surface area contributed by atoms with Gasteiger partial charge in [0.15, 0.2) is 11.5 Å². The van der Waals surface area contributed by atoms with Gasteiger partial charge in [-0.25, -0.2) is 0 Å². The van der Waals surface area contributed by atoms with Crippen LogP contribution in [0, 0.1) is 0 Å². The van der Waals surface area contributed by atoms with E-state index in [9.17, 15) is 0 Å². The molecule has 0 amide bonds. The number of furan rings is 1. The van der Waals surface area contributed by atoms with Crippen molar-refractivity contribution in [2.75, 3.05) is 18.7 Å². The monoisotopic (exact) mass is 246 g/mol. The van der Waals surface area contributed by atoms with Crippen LogP contribution in [0.25, 0.3) is 0 Å². The van der Waals surface area contributed by atoms with Crippen LogP contribution < -0.4 is 20.5 Å². The number of anilines is 1. The van der Waals surface area contributed by atoms with E-state index in [2.05, 4.69) is 5.32 Å². The molecule has 1 aliphatic heterocycles. The first-order chi connectivity index (χ1) is 8.86. The predicted molar refractivity (Wildman–Crippen MR) is 66.7 cm³/mol. The Balaban J connectivity index is 1.79. The topological polar surface area (TPSA) is 69.7 Å². The van der Waals surface area contributed by atoms with E-state index < -0.39 is 0 Å². The molecular formula is C13H14N2O3. The van der Waals surface area contributed by atoms with E-state index in [1.807, 2.05) is 30.3 Å². The fraction of sp³-hybridized carbons (Fsp3) is 0.231. The number of hydrogen-bond acceptors (Lipinski definition) is 5. The summed E-state index contributed by atoms with van der Waals surface area (Å²) >= 11 is 0. The van der Waals surface area contributed by atoms with Gasteiger partial charge in [0.2, 0.25) is 6.79 Å². The molecule has 1 aliphatic rings. The van der Waals surface area contributed by atoms with Crippen molar-refractivity contribution >= 4 is 5.69 Å². The van der Waals surface area contributed by atoms with Crippen LogP contribution in [-0.2, 0) is 0 Å². The van der Waals surface area contributed by atoms with Crippen LogP contribution in [0.3, 0.4) is 0 Å². The minimum atomic E-state index is -0.0552. The fourth-order valence-electron chi connectivity index (χ4n) is 1.92. The molecule has 3 N–H and O–H groups in total. The molecule has 2 heterocycles. The van der Waals surface area contributed by atoms with Gasteiger partial charge in [0, 0.05) is 18.3 Å².